The predicted octanol–water partition coefficient (Wildman–Crippen LogP) is -1.71. The number of imidazole rings is 1. The fourth-order valence-electron chi connectivity index (χ4n) is 0.850. The second kappa shape index (κ2) is 5.09. The first kappa shape index (κ1) is 12.3. The second-order valence-corrected chi connectivity index (χ2v) is 2.13. The van der Waals surface area contributed by atoms with Gasteiger partial charge in [-0.2, -0.15) is 0 Å². The first-order valence-corrected chi connectivity index (χ1v) is 3.05. The maximum atomic E-state index is 4.13. The smallest absolute Gasteiger partial charge is 0.386 e. The van der Waals surface area contributed by atoms with E-state index in [1.807, 2.05) is 19.1 Å². The molecular formula is C8H9KN3-. The SMILES string of the molecule is Cc1ccc2nc[c-]n2n1.[CH3-].[K+]. The molecule has 0 amide bonds. The van der Waals surface area contributed by atoms with Gasteiger partial charge in [0.25, 0.3) is 0 Å². The molecule has 0 radical (unpaired) electrons. The minimum Gasteiger partial charge on any atom is -0.386 e. The summed E-state index contributed by atoms with van der Waals surface area (Å²) in [5.41, 5.74) is 1.81. The van der Waals surface area contributed by atoms with E-state index < -0.39 is 0 Å². The Hall–Kier alpha value is 0.256. The van der Waals surface area contributed by atoms with Gasteiger partial charge in [0.05, 0.1) is 5.69 Å². The van der Waals surface area contributed by atoms with E-state index >= 15 is 0 Å². The molecule has 0 saturated carbocycles. The molecule has 0 aliphatic heterocycles. The van der Waals surface area contributed by atoms with Crippen LogP contribution in [-0.2, 0) is 0 Å². The summed E-state index contributed by atoms with van der Waals surface area (Å²) in [5, 5.41) is 4.13. The fraction of sp³-hybridized carbons (Fsp3) is 0.125. The van der Waals surface area contributed by atoms with E-state index in [0.717, 1.165) is 11.3 Å². The molecule has 0 saturated heterocycles. The summed E-state index contributed by atoms with van der Waals surface area (Å²) in [4.78, 5) is 4.00. The Morgan fingerprint density at radius 1 is 1.42 bits per heavy atom. The second-order valence-electron chi connectivity index (χ2n) is 2.13. The zero-order valence-corrected chi connectivity index (χ0v) is 10.7. The van der Waals surface area contributed by atoms with E-state index in [1.54, 1.807) is 10.7 Å². The monoisotopic (exact) mass is 186 g/mol. The van der Waals surface area contributed by atoms with Gasteiger partial charge in [-0.15, -0.1) is 6.20 Å². The Morgan fingerprint density at radius 3 is 2.92 bits per heavy atom. The molecule has 0 aromatic carbocycles. The van der Waals surface area contributed by atoms with Crippen molar-refractivity contribution in [1.29, 1.82) is 0 Å². The van der Waals surface area contributed by atoms with Crippen LogP contribution in [-0.4, -0.2) is 14.6 Å². The van der Waals surface area contributed by atoms with Crippen LogP contribution in [0, 0.1) is 20.5 Å². The van der Waals surface area contributed by atoms with Gasteiger partial charge in [0, 0.05) is 0 Å². The minimum absolute atomic E-state index is 0. The molecule has 2 rings (SSSR count). The molecule has 4 heteroatoms. The van der Waals surface area contributed by atoms with Gasteiger partial charge in [0.1, 0.15) is 0 Å². The summed E-state index contributed by atoms with van der Waals surface area (Å²) in [6.45, 7) is 1.94. The maximum Gasteiger partial charge on any atom is 1.00 e. The molecule has 2 heterocycles. The minimum atomic E-state index is 0. The van der Waals surface area contributed by atoms with Crippen molar-refractivity contribution in [3.05, 3.63) is 37.6 Å². The zero-order valence-electron chi connectivity index (χ0n) is 7.57. The predicted molar refractivity (Wildman–Crippen MR) is 43.0 cm³/mol. The molecule has 0 N–H and O–H groups in total. The van der Waals surface area contributed by atoms with Crippen LogP contribution >= 0.6 is 0 Å². The van der Waals surface area contributed by atoms with E-state index in [9.17, 15) is 0 Å². The van der Waals surface area contributed by atoms with Crippen LogP contribution in [0.15, 0.2) is 18.3 Å². The van der Waals surface area contributed by atoms with E-state index in [4.69, 9.17) is 0 Å². The summed E-state index contributed by atoms with van der Waals surface area (Å²) >= 11 is 0. The Bertz CT molecular complexity index is 356. The van der Waals surface area contributed by atoms with E-state index in [1.165, 1.54) is 0 Å². The summed E-state index contributed by atoms with van der Waals surface area (Å²) in [6.07, 6.45) is 4.47. The molecule has 0 atom stereocenters. The normalized spacial score (nSPS) is 8.75. The Balaban J connectivity index is 0.000000605. The van der Waals surface area contributed by atoms with Crippen molar-refractivity contribution < 1.29 is 51.4 Å². The Morgan fingerprint density at radius 2 is 2.17 bits per heavy atom. The molecule has 0 bridgehead atoms. The van der Waals surface area contributed by atoms with Crippen LogP contribution in [0.1, 0.15) is 5.69 Å². The molecule has 0 aliphatic carbocycles. The molecule has 0 spiro atoms. The van der Waals surface area contributed by atoms with Gasteiger partial charge in [-0.05, 0) is 12.6 Å². The number of fused-ring (bicyclic) bond motifs is 1. The standard InChI is InChI=1S/C7H6N3.CH3.K/c1-6-2-3-7-8-4-5-10(7)9-6;;/h2-4H,1H3;1H3;/q2*-1;+1. The van der Waals surface area contributed by atoms with Crippen molar-refractivity contribution >= 4 is 5.65 Å². The van der Waals surface area contributed by atoms with Crippen molar-refractivity contribution in [3.63, 3.8) is 0 Å². The molecule has 3 nitrogen and oxygen atoms in total. The number of nitrogens with zero attached hydrogens (tertiary/aromatic N) is 3. The largest absolute Gasteiger partial charge is 1.00 e. The summed E-state index contributed by atoms with van der Waals surface area (Å²) in [5.74, 6) is 0. The first-order chi connectivity index (χ1) is 4.86. The Labute approximate surface area is 115 Å². The molecule has 0 fully saturated rings. The average molecular weight is 186 g/mol. The summed E-state index contributed by atoms with van der Waals surface area (Å²) in [6, 6.07) is 3.84. The van der Waals surface area contributed by atoms with Gasteiger partial charge in [0.2, 0.25) is 0 Å². The van der Waals surface area contributed by atoms with Crippen molar-refractivity contribution in [2.24, 2.45) is 0 Å². The van der Waals surface area contributed by atoms with Gasteiger partial charge in [-0.3, -0.25) is 0 Å². The van der Waals surface area contributed by atoms with Crippen molar-refractivity contribution in [2.75, 3.05) is 0 Å². The van der Waals surface area contributed by atoms with Gasteiger partial charge in [0.15, 0.2) is 0 Å². The van der Waals surface area contributed by atoms with Crippen LogP contribution in [0.4, 0.5) is 0 Å². The fourth-order valence-corrected chi connectivity index (χ4v) is 0.850. The number of rotatable bonds is 0. The molecule has 2 aromatic rings. The van der Waals surface area contributed by atoms with Crippen molar-refractivity contribution in [1.82, 2.24) is 14.6 Å². The number of aromatic nitrogens is 3. The third-order valence-corrected chi connectivity index (χ3v) is 1.33. The van der Waals surface area contributed by atoms with E-state index in [0.29, 0.717) is 0 Å². The number of hydrogen-bond donors (Lipinski definition) is 0. The molecular weight excluding hydrogens is 177 g/mol. The Kier molecular flexibility index (Phi) is 5.20. The van der Waals surface area contributed by atoms with E-state index in [-0.39, 0.29) is 58.8 Å². The summed E-state index contributed by atoms with van der Waals surface area (Å²) < 4.78 is 1.63. The van der Waals surface area contributed by atoms with Crippen molar-refractivity contribution in [3.8, 4) is 0 Å². The van der Waals surface area contributed by atoms with Crippen molar-refractivity contribution in [2.45, 2.75) is 6.92 Å². The van der Waals surface area contributed by atoms with Crippen LogP contribution in [0.25, 0.3) is 5.65 Å². The first-order valence-electron chi connectivity index (χ1n) is 3.05. The van der Waals surface area contributed by atoms with E-state index in [2.05, 4.69) is 16.3 Å². The summed E-state index contributed by atoms with van der Waals surface area (Å²) in [7, 11) is 0. The van der Waals surface area contributed by atoms with Crippen LogP contribution < -0.4 is 51.4 Å². The molecule has 0 aliphatic rings. The molecule has 2 aromatic heterocycles. The zero-order chi connectivity index (χ0) is 6.97. The van der Waals surface area contributed by atoms with Crippen LogP contribution in [0.2, 0.25) is 0 Å². The van der Waals surface area contributed by atoms with Crippen LogP contribution in [0.5, 0.6) is 0 Å². The number of hydrogen-bond acceptors (Lipinski definition) is 2. The quantitative estimate of drug-likeness (QED) is 0.362. The van der Waals surface area contributed by atoms with Gasteiger partial charge < -0.3 is 16.9 Å². The van der Waals surface area contributed by atoms with Gasteiger partial charge in [-0.1, -0.05) is 18.3 Å². The number of aryl methyl sites for hydroxylation is 1. The van der Waals surface area contributed by atoms with Crippen LogP contribution in [0.3, 0.4) is 0 Å². The molecule has 0 unspecified atom stereocenters. The van der Waals surface area contributed by atoms with Gasteiger partial charge in [-0.25, -0.2) is 5.10 Å². The topological polar surface area (TPSA) is 30.2 Å². The molecule has 58 valence electrons. The average Bonchev–Trinajstić information content (AvgIpc) is 2.33. The van der Waals surface area contributed by atoms with Gasteiger partial charge >= 0.3 is 51.4 Å². The molecule has 12 heavy (non-hydrogen) atoms. The maximum absolute atomic E-state index is 4.13. The third kappa shape index (κ3) is 2.37. The third-order valence-electron chi connectivity index (χ3n) is 1.33.